The highest BCUT2D eigenvalue weighted by Gasteiger charge is 2.22. The van der Waals surface area contributed by atoms with E-state index < -0.39 is 11.6 Å². The normalized spacial score (nSPS) is 15.8. The molecule has 0 fully saturated rings. The number of anilines is 1. The monoisotopic (exact) mass is 333 g/mol. The van der Waals surface area contributed by atoms with Gasteiger partial charge in [-0.2, -0.15) is 0 Å². The molecule has 0 aromatic heterocycles. The summed E-state index contributed by atoms with van der Waals surface area (Å²) in [5.74, 6) is -1.17. The quantitative estimate of drug-likeness (QED) is 0.593. The summed E-state index contributed by atoms with van der Waals surface area (Å²) in [6.07, 6.45) is 4.84. The fraction of sp³-hybridized carbons (Fsp3) is 0.0909. The molecule has 3 heteroatoms. The standard InChI is InChI=1S/C22H17F2N/c23-20-12-16(19-10-4-6-14-5-1-2-9-18(14)19)13-21(24)22(20)15-7-3-8-17(25)11-15/h1-9,11-13,19H,10,25H2. The second-order valence-corrected chi connectivity index (χ2v) is 6.30. The molecule has 3 aromatic carbocycles. The molecule has 1 atom stereocenters. The van der Waals surface area contributed by atoms with Gasteiger partial charge in [0.25, 0.3) is 0 Å². The Morgan fingerprint density at radius 2 is 1.64 bits per heavy atom. The van der Waals surface area contributed by atoms with Crippen molar-refractivity contribution < 1.29 is 8.78 Å². The van der Waals surface area contributed by atoms with Crippen molar-refractivity contribution in [1.82, 2.24) is 0 Å². The van der Waals surface area contributed by atoms with Gasteiger partial charge in [0.1, 0.15) is 11.6 Å². The van der Waals surface area contributed by atoms with E-state index in [4.69, 9.17) is 5.73 Å². The molecule has 1 aliphatic rings. The van der Waals surface area contributed by atoms with Crippen LogP contribution >= 0.6 is 0 Å². The van der Waals surface area contributed by atoms with Crippen LogP contribution in [0.4, 0.5) is 14.5 Å². The number of benzene rings is 3. The van der Waals surface area contributed by atoms with Crippen LogP contribution in [0.1, 0.15) is 29.0 Å². The van der Waals surface area contributed by atoms with Crippen LogP contribution in [-0.4, -0.2) is 0 Å². The predicted molar refractivity (Wildman–Crippen MR) is 98.1 cm³/mol. The molecular formula is C22H17F2N. The highest BCUT2D eigenvalue weighted by molar-refractivity contribution is 5.69. The summed E-state index contributed by atoms with van der Waals surface area (Å²) in [6, 6.07) is 17.5. The first-order valence-electron chi connectivity index (χ1n) is 8.24. The number of fused-ring (bicyclic) bond motifs is 1. The molecule has 1 aliphatic carbocycles. The van der Waals surface area contributed by atoms with Gasteiger partial charge in [0.05, 0.1) is 5.56 Å². The molecule has 0 heterocycles. The van der Waals surface area contributed by atoms with Crippen LogP contribution in [0.5, 0.6) is 0 Å². The average Bonchev–Trinajstić information content (AvgIpc) is 2.60. The Labute approximate surface area is 145 Å². The van der Waals surface area contributed by atoms with E-state index in [1.165, 1.54) is 12.1 Å². The molecular weight excluding hydrogens is 316 g/mol. The smallest absolute Gasteiger partial charge is 0.134 e. The molecule has 1 unspecified atom stereocenters. The van der Waals surface area contributed by atoms with E-state index in [0.29, 0.717) is 16.8 Å². The van der Waals surface area contributed by atoms with E-state index >= 15 is 0 Å². The zero-order valence-electron chi connectivity index (χ0n) is 13.5. The number of halogens is 2. The third kappa shape index (κ3) is 2.82. The summed E-state index contributed by atoms with van der Waals surface area (Å²) in [7, 11) is 0. The minimum atomic E-state index is -0.562. The van der Waals surface area contributed by atoms with Gasteiger partial charge in [0, 0.05) is 11.6 Å². The molecule has 2 N–H and O–H groups in total. The molecule has 0 amide bonds. The predicted octanol–water partition coefficient (Wildman–Crippen LogP) is 5.76. The van der Waals surface area contributed by atoms with Crippen LogP contribution in [0.2, 0.25) is 0 Å². The van der Waals surface area contributed by atoms with E-state index in [-0.39, 0.29) is 11.5 Å². The number of allylic oxidation sites excluding steroid dienone is 1. The molecule has 0 spiro atoms. The number of rotatable bonds is 2. The molecule has 1 nitrogen and oxygen atoms in total. The van der Waals surface area contributed by atoms with E-state index in [2.05, 4.69) is 12.2 Å². The van der Waals surface area contributed by atoms with Gasteiger partial charge in [-0.05, 0) is 52.9 Å². The minimum Gasteiger partial charge on any atom is -0.399 e. The van der Waals surface area contributed by atoms with Crippen LogP contribution in [0.3, 0.4) is 0 Å². The molecule has 0 aliphatic heterocycles. The maximum atomic E-state index is 14.8. The van der Waals surface area contributed by atoms with Crippen LogP contribution in [0.15, 0.2) is 66.7 Å². The van der Waals surface area contributed by atoms with Gasteiger partial charge >= 0.3 is 0 Å². The Balaban J connectivity index is 1.80. The lowest BCUT2D eigenvalue weighted by atomic mass is 9.82. The van der Waals surface area contributed by atoms with Gasteiger partial charge in [-0.25, -0.2) is 8.78 Å². The molecule has 0 saturated carbocycles. The maximum Gasteiger partial charge on any atom is 0.134 e. The second-order valence-electron chi connectivity index (χ2n) is 6.30. The largest absolute Gasteiger partial charge is 0.399 e. The minimum absolute atomic E-state index is 0.0318. The van der Waals surface area contributed by atoms with Crippen molar-refractivity contribution in [2.75, 3.05) is 5.73 Å². The van der Waals surface area contributed by atoms with Gasteiger partial charge in [0.15, 0.2) is 0 Å². The third-order valence-electron chi connectivity index (χ3n) is 4.68. The van der Waals surface area contributed by atoms with Crippen LogP contribution in [0, 0.1) is 11.6 Å². The highest BCUT2D eigenvalue weighted by atomic mass is 19.1. The van der Waals surface area contributed by atoms with E-state index in [0.717, 1.165) is 17.5 Å². The van der Waals surface area contributed by atoms with Gasteiger partial charge in [-0.1, -0.05) is 48.6 Å². The van der Waals surface area contributed by atoms with Crippen molar-refractivity contribution in [3.05, 3.63) is 95.1 Å². The van der Waals surface area contributed by atoms with Crippen molar-refractivity contribution in [2.24, 2.45) is 0 Å². The first kappa shape index (κ1) is 15.6. The fourth-order valence-corrected chi connectivity index (χ4v) is 3.52. The molecule has 0 radical (unpaired) electrons. The fourth-order valence-electron chi connectivity index (χ4n) is 3.52. The van der Waals surface area contributed by atoms with Gasteiger partial charge in [0.2, 0.25) is 0 Å². The first-order chi connectivity index (χ1) is 12.1. The molecule has 124 valence electrons. The SMILES string of the molecule is Nc1cccc(-c2c(F)cc(C3CC=Cc4ccccc43)cc2F)c1. The molecule has 25 heavy (non-hydrogen) atoms. The van der Waals surface area contributed by atoms with E-state index in [9.17, 15) is 8.78 Å². The summed E-state index contributed by atoms with van der Waals surface area (Å²) in [6.45, 7) is 0. The summed E-state index contributed by atoms with van der Waals surface area (Å²) in [5.41, 5.74) is 9.49. The Kier molecular flexibility index (Phi) is 3.85. The lowest BCUT2D eigenvalue weighted by Crippen LogP contribution is -2.07. The lowest BCUT2D eigenvalue weighted by Gasteiger charge is -2.23. The topological polar surface area (TPSA) is 26.0 Å². The van der Waals surface area contributed by atoms with Crippen LogP contribution < -0.4 is 5.73 Å². The number of hydrogen-bond acceptors (Lipinski definition) is 1. The summed E-state index contributed by atoms with van der Waals surface area (Å²) < 4.78 is 29.5. The Morgan fingerprint density at radius 1 is 0.880 bits per heavy atom. The Hall–Kier alpha value is -2.94. The van der Waals surface area contributed by atoms with Crippen LogP contribution in [-0.2, 0) is 0 Å². The van der Waals surface area contributed by atoms with Crippen molar-refractivity contribution in [3.63, 3.8) is 0 Å². The van der Waals surface area contributed by atoms with Crippen molar-refractivity contribution >= 4 is 11.8 Å². The zero-order chi connectivity index (χ0) is 17.4. The zero-order valence-corrected chi connectivity index (χ0v) is 13.5. The first-order valence-corrected chi connectivity index (χ1v) is 8.24. The van der Waals surface area contributed by atoms with Crippen molar-refractivity contribution in [2.45, 2.75) is 12.3 Å². The maximum absolute atomic E-state index is 14.8. The summed E-state index contributed by atoms with van der Waals surface area (Å²) in [5, 5.41) is 0. The summed E-state index contributed by atoms with van der Waals surface area (Å²) in [4.78, 5) is 0. The van der Waals surface area contributed by atoms with E-state index in [1.54, 1.807) is 24.3 Å². The number of nitrogen functional groups attached to an aromatic ring is 1. The van der Waals surface area contributed by atoms with Crippen LogP contribution in [0.25, 0.3) is 17.2 Å². The van der Waals surface area contributed by atoms with Crippen molar-refractivity contribution in [1.29, 1.82) is 0 Å². The molecule has 4 rings (SSSR count). The highest BCUT2D eigenvalue weighted by Crippen LogP contribution is 2.38. The second kappa shape index (κ2) is 6.17. The number of nitrogens with two attached hydrogens (primary N) is 1. The van der Waals surface area contributed by atoms with Crippen molar-refractivity contribution in [3.8, 4) is 11.1 Å². The molecule has 0 saturated heterocycles. The molecule has 3 aromatic rings. The molecule has 0 bridgehead atoms. The summed E-state index contributed by atoms with van der Waals surface area (Å²) >= 11 is 0. The lowest BCUT2D eigenvalue weighted by molar-refractivity contribution is 0.583. The van der Waals surface area contributed by atoms with E-state index in [1.807, 2.05) is 24.3 Å². The van der Waals surface area contributed by atoms with Gasteiger partial charge in [-0.15, -0.1) is 0 Å². The van der Waals surface area contributed by atoms with Gasteiger partial charge in [-0.3, -0.25) is 0 Å². The van der Waals surface area contributed by atoms with Gasteiger partial charge < -0.3 is 5.73 Å². The Bertz CT molecular complexity index is 952. The Morgan fingerprint density at radius 3 is 2.40 bits per heavy atom. The average molecular weight is 333 g/mol. The number of hydrogen-bond donors (Lipinski definition) is 1. The third-order valence-corrected chi connectivity index (χ3v) is 4.68.